The molecule has 0 spiro atoms. The minimum absolute atomic E-state index is 0.0636. The minimum Gasteiger partial charge on any atom is -0.454 e. The second-order valence-corrected chi connectivity index (χ2v) is 16.2. The molecule has 0 aromatic heterocycles. The average Bonchev–Trinajstić information content (AvgIpc) is 3.18. The van der Waals surface area contributed by atoms with Gasteiger partial charge in [0, 0.05) is 13.3 Å². The first-order chi connectivity index (χ1) is 27.7. The van der Waals surface area contributed by atoms with E-state index in [0.29, 0.717) is 0 Å². The van der Waals surface area contributed by atoms with Crippen molar-refractivity contribution >= 4 is 58.5 Å². The molecule has 0 saturated carbocycles. The molecule has 58 heavy (non-hydrogen) atoms. The van der Waals surface area contributed by atoms with Crippen molar-refractivity contribution in [1.82, 2.24) is 0 Å². The van der Waals surface area contributed by atoms with Gasteiger partial charge >= 0.3 is 17.9 Å². The van der Waals surface area contributed by atoms with Gasteiger partial charge in [-0.2, -0.15) is 0 Å². The summed E-state index contributed by atoms with van der Waals surface area (Å²) < 4.78 is 53.5. The molecule has 13 nitrogen and oxygen atoms in total. The normalized spacial score (nSPS) is 27.3. The molecular formula is C42H47Cl3O13. The summed E-state index contributed by atoms with van der Waals surface area (Å²) in [4.78, 5) is 51.0. The first-order valence-corrected chi connectivity index (χ1v) is 19.9. The third-order valence-electron chi connectivity index (χ3n) is 9.31. The molecule has 0 radical (unpaired) electrons. The average molecular weight is 866 g/mol. The third kappa shape index (κ3) is 13.2. The van der Waals surface area contributed by atoms with Crippen LogP contribution < -0.4 is 0 Å². The van der Waals surface area contributed by atoms with Crippen LogP contribution in [0.15, 0.2) is 91.0 Å². The zero-order valence-electron chi connectivity index (χ0n) is 32.4. The van der Waals surface area contributed by atoms with Crippen molar-refractivity contribution in [3.8, 4) is 0 Å². The monoisotopic (exact) mass is 864 g/mol. The fourth-order valence-corrected chi connectivity index (χ4v) is 6.65. The molecule has 3 aromatic carbocycles. The van der Waals surface area contributed by atoms with Gasteiger partial charge in [0.15, 0.2) is 18.5 Å². The molecule has 16 heteroatoms. The highest BCUT2D eigenvalue weighted by Crippen LogP contribution is 2.37. The van der Waals surface area contributed by atoms with E-state index < -0.39 is 83.1 Å². The maximum atomic E-state index is 13.5. The number of alkyl halides is 3. The Morgan fingerprint density at radius 2 is 0.983 bits per heavy atom. The summed E-state index contributed by atoms with van der Waals surface area (Å²) in [5, 5.41) is 0. The second kappa shape index (κ2) is 21.6. The number of carbonyl (C=O) groups is 4. The molecule has 2 saturated heterocycles. The topological polar surface area (TPSA) is 151 Å². The molecular weight excluding hydrogens is 819 g/mol. The smallest absolute Gasteiger partial charge is 0.360 e. The number of benzene rings is 3. The number of Topliss-reactive ketones (excluding diaryl/α,β-unsaturated/α-hetero) is 1. The summed E-state index contributed by atoms with van der Waals surface area (Å²) in [5.74, 6) is -3.04. The quantitative estimate of drug-likeness (QED) is 0.0801. The van der Waals surface area contributed by atoms with Crippen molar-refractivity contribution in [2.45, 2.75) is 126 Å². The Hall–Kier alpha value is -3.63. The molecule has 2 aliphatic rings. The highest BCUT2D eigenvalue weighted by atomic mass is 35.6. The van der Waals surface area contributed by atoms with Crippen LogP contribution in [0.5, 0.6) is 0 Å². The number of esters is 3. The van der Waals surface area contributed by atoms with Crippen molar-refractivity contribution in [3.05, 3.63) is 108 Å². The molecule has 314 valence electrons. The van der Waals surface area contributed by atoms with Crippen molar-refractivity contribution < 1.29 is 61.8 Å². The number of rotatable bonds is 17. The van der Waals surface area contributed by atoms with E-state index >= 15 is 0 Å². The standard InChI is InChI=1S/C42H47Cl3O13/c1-25(46)20-21-32(48)56-37-35(52-24-31-18-12-7-13-19-31)33(50-22-29-14-8-5-9-15-29)26(2)53-39(37)57-36-34(51-23-30-16-10-6-11-17-30)27(3)54-40(38(36)55-28(4)47)58-41(49)42(43,44)45/h5-19,26-27,33-40H,20-24H2,1-4H3/t26-,27-,33-,34-,35+,36+,37+,38+,39-,40?/m0/s1. The first kappa shape index (κ1) is 45.5. The molecule has 3 aromatic rings. The van der Waals surface area contributed by atoms with E-state index in [9.17, 15) is 19.2 Å². The number of hydrogen-bond donors (Lipinski definition) is 0. The van der Waals surface area contributed by atoms with Gasteiger partial charge in [-0.25, -0.2) is 4.79 Å². The van der Waals surface area contributed by atoms with Crippen LogP contribution in [0.2, 0.25) is 0 Å². The van der Waals surface area contributed by atoms with Gasteiger partial charge in [-0.15, -0.1) is 0 Å². The largest absolute Gasteiger partial charge is 0.454 e. The lowest BCUT2D eigenvalue weighted by atomic mass is 9.96. The zero-order chi connectivity index (χ0) is 41.8. The summed E-state index contributed by atoms with van der Waals surface area (Å²) in [5.41, 5.74) is 2.50. The van der Waals surface area contributed by atoms with E-state index in [1.807, 2.05) is 91.0 Å². The fourth-order valence-electron chi connectivity index (χ4n) is 6.51. The van der Waals surface area contributed by atoms with Crippen molar-refractivity contribution in [1.29, 1.82) is 0 Å². The molecule has 10 atom stereocenters. The molecule has 0 aliphatic carbocycles. The van der Waals surface area contributed by atoms with E-state index in [-0.39, 0.29) is 38.4 Å². The first-order valence-electron chi connectivity index (χ1n) is 18.8. The molecule has 1 unspecified atom stereocenters. The Morgan fingerprint density at radius 1 is 0.552 bits per heavy atom. The van der Waals surface area contributed by atoms with E-state index in [4.69, 9.17) is 77.4 Å². The zero-order valence-corrected chi connectivity index (χ0v) is 34.7. The third-order valence-corrected chi connectivity index (χ3v) is 9.77. The number of carbonyl (C=O) groups excluding carboxylic acids is 4. The van der Waals surface area contributed by atoms with Gasteiger partial charge in [-0.05, 0) is 37.5 Å². The molecule has 2 aliphatic heterocycles. The number of halogens is 3. The van der Waals surface area contributed by atoms with Crippen molar-refractivity contribution in [2.75, 3.05) is 0 Å². The van der Waals surface area contributed by atoms with Crippen molar-refractivity contribution in [3.63, 3.8) is 0 Å². The highest BCUT2D eigenvalue weighted by molar-refractivity contribution is 6.75. The Balaban J connectivity index is 1.55. The lowest BCUT2D eigenvalue weighted by Gasteiger charge is -2.49. The summed E-state index contributed by atoms with van der Waals surface area (Å²) >= 11 is 17.5. The molecule has 0 amide bonds. The van der Waals surface area contributed by atoms with Crippen LogP contribution in [0.25, 0.3) is 0 Å². The summed E-state index contributed by atoms with van der Waals surface area (Å²) in [6, 6.07) is 28.1. The minimum atomic E-state index is -2.51. The summed E-state index contributed by atoms with van der Waals surface area (Å²) in [7, 11) is 0. The number of ketones is 1. The van der Waals surface area contributed by atoms with E-state index in [2.05, 4.69) is 0 Å². The Morgan fingerprint density at radius 3 is 1.43 bits per heavy atom. The Bertz CT molecular complexity index is 1780. The van der Waals surface area contributed by atoms with E-state index in [1.54, 1.807) is 13.8 Å². The van der Waals surface area contributed by atoms with Crippen LogP contribution in [-0.4, -0.2) is 88.9 Å². The van der Waals surface area contributed by atoms with E-state index in [0.717, 1.165) is 23.6 Å². The van der Waals surface area contributed by atoms with Crippen LogP contribution >= 0.6 is 34.8 Å². The molecule has 0 N–H and O–H groups in total. The molecule has 2 heterocycles. The fraction of sp³-hybridized carbons (Fsp3) is 0.476. The van der Waals surface area contributed by atoms with Crippen LogP contribution in [0.1, 0.15) is 57.2 Å². The van der Waals surface area contributed by atoms with Gasteiger partial charge in [-0.1, -0.05) is 126 Å². The van der Waals surface area contributed by atoms with Gasteiger partial charge in [0.05, 0.1) is 38.4 Å². The number of hydrogen-bond acceptors (Lipinski definition) is 13. The number of ether oxygens (including phenoxy) is 9. The van der Waals surface area contributed by atoms with Crippen LogP contribution in [0, 0.1) is 0 Å². The maximum absolute atomic E-state index is 13.5. The molecule has 2 fully saturated rings. The Labute approximate surface area is 352 Å². The predicted molar refractivity (Wildman–Crippen MR) is 210 cm³/mol. The van der Waals surface area contributed by atoms with Crippen LogP contribution in [0.3, 0.4) is 0 Å². The predicted octanol–water partition coefficient (Wildman–Crippen LogP) is 6.74. The second-order valence-electron chi connectivity index (χ2n) is 13.9. The summed E-state index contributed by atoms with van der Waals surface area (Å²) in [6.45, 7) is 6.21. The van der Waals surface area contributed by atoms with Gasteiger partial charge in [0.25, 0.3) is 3.79 Å². The highest BCUT2D eigenvalue weighted by Gasteiger charge is 2.56. The van der Waals surface area contributed by atoms with Gasteiger partial charge in [0.2, 0.25) is 6.29 Å². The van der Waals surface area contributed by atoms with Crippen LogP contribution in [0.4, 0.5) is 0 Å². The Kier molecular flexibility index (Phi) is 16.9. The van der Waals surface area contributed by atoms with Gasteiger partial charge in [0.1, 0.15) is 30.2 Å². The van der Waals surface area contributed by atoms with E-state index in [1.165, 1.54) is 6.92 Å². The van der Waals surface area contributed by atoms with Gasteiger partial charge in [-0.3, -0.25) is 9.59 Å². The lowest BCUT2D eigenvalue weighted by molar-refractivity contribution is -0.361. The summed E-state index contributed by atoms with van der Waals surface area (Å²) in [6.07, 6.45) is -12.2. The molecule has 0 bridgehead atoms. The lowest BCUT2D eigenvalue weighted by Crippen LogP contribution is -2.65. The van der Waals surface area contributed by atoms with Crippen LogP contribution in [-0.2, 0) is 81.6 Å². The maximum Gasteiger partial charge on any atom is 0.360 e. The SMILES string of the molecule is CC(=O)CCC(=O)O[C@H]1[C@H](O[C@@H]2[C@@H](OCc3ccccc3)[C@H](C)OC(OC(=O)C(Cl)(Cl)Cl)[C@@H]2OC(C)=O)O[C@@H](C)[C@H](OCc2ccccc2)[C@H]1OCc1ccccc1. The molecule has 5 rings (SSSR count). The van der Waals surface area contributed by atoms with Gasteiger partial charge < -0.3 is 47.4 Å². The van der Waals surface area contributed by atoms with Crippen molar-refractivity contribution in [2.24, 2.45) is 0 Å².